The van der Waals surface area contributed by atoms with Gasteiger partial charge in [0.05, 0.1) is 0 Å². The quantitative estimate of drug-likeness (QED) is 0.526. The number of nitrogens with one attached hydrogen (secondary N) is 1. The van der Waals surface area contributed by atoms with E-state index in [1.807, 2.05) is 0 Å². The van der Waals surface area contributed by atoms with Gasteiger partial charge in [-0.2, -0.15) is 0 Å². The molecule has 0 heterocycles. The summed E-state index contributed by atoms with van der Waals surface area (Å²) < 4.78 is 5.67. The van der Waals surface area contributed by atoms with E-state index in [0.717, 1.165) is 38.1 Å². The smallest absolute Gasteiger partial charge is 0.0491 e. The average molecular weight is 243 g/mol. The molecule has 1 N–H and O–H groups in total. The first-order chi connectivity index (χ1) is 8.16. The fourth-order valence-electron chi connectivity index (χ4n) is 1.88. The fourth-order valence-corrected chi connectivity index (χ4v) is 1.88. The van der Waals surface area contributed by atoms with E-state index in [2.05, 4.69) is 33.0 Å². The van der Waals surface area contributed by atoms with E-state index in [1.165, 1.54) is 32.1 Å². The van der Waals surface area contributed by atoms with Crippen LogP contribution in [0.4, 0.5) is 0 Å². The van der Waals surface area contributed by atoms with E-state index < -0.39 is 0 Å². The molecule has 1 unspecified atom stereocenters. The summed E-state index contributed by atoms with van der Waals surface area (Å²) in [7, 11) is 0. The van der Waals surface area contributed by atoms with Gasteiger partial charge < -0.3 is 10.1 Å². The molecule has 0 radical (unpaired) electrons. The Labute approximate surface area is 109 Å². The number of hydrogen-bond donors (Lipinski definition) is 1. The topological polar surface area (TPSA) is 21.3 Å². The van der Waals surface area contributed by atoms with Crippen LogP contribution in [0.1, 0.15) is 59.8 Å². The molecule has 2 heteroatoms. The third-order valence-corrected chi connectivity index (χ3v) is 2.88. The highest BCUT2D eigenvalue weighted by molar-refractivity contribution is 4.52. The molecular weight excluding hydrogens is 210 g/mol. The third-order valence-electron chi connectivity index (χ3n) is 2.88. The summed E-state index contributed by atoms with van der Waals surface area (Å²) in [5, 5.41) is 3.47. The van der Waals surface area contributed by atoms with Crippen molar-refractivity contribution in [3.8, 4) is 0 Å². The van der Waals surface area contributed by atoms with Gasteiger partial charge in [-0.15, -0.1) is 0 Å². The molecule has 0 aromatic heterocycles. The van der Waals surface area contributed by atoms with Crippen LogP contribution in [0.5, 0.6) is 0 Å². The lowest BCUT2D eigenvalue weighted by Crippen LogP contribution is -2.20. The van der Waals surface area contributed by atoms with Crippen molar-refractivity contribution >= 4 is 0 Å². The molecule has 0 aliphatic carbocycles. The maximum Gasteiger partial charge on any atom is 0.0491 e. The van der Waals surface area contributed by atoms with Crippen LogP contribution in [-0.2, 0) is 4.74 Å². The summed E-state index contributed by atoms with van der Waals surface area (Å²) in [6.07, 6.45) is 6.33. The van der Waals surface area contributed by atoms with Crippen LogP contribution in [0.3, 0.4) is 0 Å². The molecule has 0 bridgehead atoms. The van der Waals surface area contributed by atoms with Crippen molar-refractivity contribution in [1.82, 2.24) is 5.32 Å². The van der Waals surface area contributed by atoms with E-state index >= 15 is 0 Å². The zero-order valence-electron chi connectivity index (χ0n) is 12.4. The van der Waals surface area contributed by atoms with Crippen LogP contribution in [0.25, 0.3) is 0 Å². The molecule has 0 saturated carbocycles. The van der Waals surface area contributed by atoms with Gasteiger partial charge in [-0.25, -0.2) is 0 Å². The van der Waals surface area contributed by atoms with E-state index in [9.17, 15) is 0 Å². The maximum atomic E-state index is 5.67. The number of rotatable bonds is 12. The van der Waals surface area contributed by atoms with Crippen molar-refractivity contribution in [2.45, 2.75) is 59.8 Å². The maximum absolute atomic E-state index is 5.67. The van der Waals surface area contributed by atoms with Gasteiger partial charge in [-0.3, -0.25) is 0 Å². The Morgan fingerprint density at radius 3 is 2.47 bits per heavy atom. The zero-order chi connectivity index (χ0) is 12.9. The van der Waals surface area contributed by atoms with Gasteiger partial charge in [-0.05, 0) is 50.6 Å². The highest BCUT2D eigenvalue weighted by atomic mass is 16.5. The first kappa shape index (κ1) is 16.9. The second-order valence-electron chi connectivity index (χ2n) is 5.63. The number of unbranched alkanes of at least 4 members (excludes halogenated alkanes) is 2. The molecule has 0 amide bonds. The summed E-state index contributed by atoms with van der Waals surface area (Å²) >= 11 is 0. The van der Waals surface area contributed by atoms with Crippen molar-refractivity contribution in [3.63, 3.8) is 0 Å². The van der Waals surface area contributed by atoms with Crippen LogP contribution in [0.2, 0.25) is 0 Å². The van der Waals surface area contributed by atoms with Crippen LogP contribution >= 0.6 is 0 Å². The summed E-state index contributed by atoms with van der Waals surface area (Å²) in [6, 6.07) is 0. The first-order valence-electron chi connectivity index (χ1n) is 7.45. The summed E-state index contributed by atoms with van der Waals surface area (Å²) in [6.45, 7) is 13.2. The minimum atomic E-state index is 0.729. The second kappa shape index (κ2) is 12.4. The van der Waals surface area contributed by atoms with Crippen molar-refractivity contribution < 1.29 is 4.74 Å². The predicted octanol–water partition coefficient (Wildman–Crippen LogP) is 3.86. The lowest BCUT2D eigenvalue weighted by molar-refractivity contribution is 0.0984. The zero-order valence-corrected chi connectivity index (χ0v) is 12.4. The summed E-state index contributed by atoms with van der Waals surface area (Å²) in [5.41, 5.74) is 0. The monoisotopic (exact) mass is 243 g/mol. The van der Waals surface area contributed by atoms with Gasteiger partial charge in [0.15, 0.2) is 0 Å². The fraction of sp³-hybridized carbons (Fsp3) is 1.00. The molecule has 104 valence electrons. The van der Waals surface area contributed by atoms with Gasteiger partial charge in [0.1, 0.15) is 0 Å². The van der Waals surface area contributed by atoms with Crippen LogP contribution in [0, 0.1) is 11.8 Å². The third kappa shape index (κ3) is 13.9. The largest absolute Gasteiger partial charge is 0.381 e. The predicted molar refractivity (Wildman–Crippen MR) is 76.4 cm³/mol. The lowest BCUT2D eigenvalue weighted by Gasteiger charge is -2.10. The van der Waals surface area contributed by atoms with Crippen molar-refractivity contribution in [2.75, 3.05) is 26.3 Å². The van der Waals surface area contributed by atoms with Gasteiger partial charge in [-0.1, -0.05) is 34.1 Å². The van der Waals surface area contributed by atoms with Crippen molar-refractivity contribution in [1.29, 1.82) is 0 Å². The van der Waals surface area contributed by atoms with Gasteiger partial charge in [0, 0.05) is 13.2 Å². The number of ether oxygens (including phenoxy) is 1. The minimum Gasteiger partial charge on any atom is -0.381 e. The molecule has 0 aliphatic heterocycles. The molecule has 0 aliphatic rings. The molecule has 0 aromatic rings. The second-order valence-corrected chi connectivity index (χ2v) is 5.63. The molecule has 1 atom stereocenters. The Morgan fingerprint density at radius 2 is 1.82 bits per heavy atom. The molecule has 0 fully saturated rings. The Hall–Kier alpha value is -0.0800. The molecule has 0 spiro atoms. The Morgan fingerprint density at radius 1 is 1.06 bits per heavy atom. The molecule has 0 saturated heterocycles. The lowest BCUT2D eigenvalue weighted by atomic mass is 10.1. The van der Waals surface area contributed by atoms with E-state index in [1.54, 1.807) is 0 Å². The SMILES string of the molecule is CCCC(C)COCCCCCNCC(C)C. The summed E-state index contributed by atoms with van der Waals surface area (Å²) in [4.78, 5) is 0. The van der Waals surface area contributed by atoms with Crippen molar-refractivity contribution in [3.05, 3.63) is 0 Å². The molecule has 0 aromatic carbocycles. The molecular formula is C15H33NO. The molecule has 0 rings (SSSR count). The highest BCUT2D eigenvalue weighted by Crippen LogP contribution is 2.05. The molecule has 17 heavy (non-hydrogen) atoms. The Balaban J connectivity index is 3.03. The van der Waals surface area contributed by atoms with Gasteiger partial charge in [0.2, 0.25) is 0 Å². The van der Waals surface area contributed by atoms with Gasteiger partial charge in [0.25, 0.3) is 0 Å². The first-order valence-corrected chi connectivity index (χ1v) is 7.45. The highest BCUT2D eigenvalue weighted by Gasteiger charge is 2.00. The number of hydrogen-bond acceptors (Lipinski definition) is 2. The minimum absolute atomic E-state index is 0.729. The average Bonchev–Trinajstić information content (AvgIpc) is 2.27. The van der Waals surface area contributed by atoms with E-state index in [4.69, 9.17) is 4.74 Å². The van der Waals surface area contributed by atoms with E-state index in [0.29, 0.717) is 0 Å². The van der Waals surface area contributed by atoms with Crippen LogP contribution in [-0.4, -0.2) is 26.3 Å². The molecule has 2 nitrogen and oxygen atoms in total. The normalized spacial score (nSPS) is 13.2. The van der Waals surface area contributed by atoms with Crippen molar-refractivity contribution in [2.24, 2.45) is 11.8 Å². The van der Waals surface area contributed by atoms with Crippen LogP contribution < -0.4 is 5.32 Å². The van der Waals surface area contributed by atoms with Gasteiger partial charge >= 0.3 is 0 Å². The standard InChI is InChI=1S/C15H33NO/c1-5-9-15(4)13-17-11-8-6-7-10-16-12-14(2)3/h14-16H,5-13H2,1-4H3. The summed E-state index contributed by atoms with van der Waals surface area (Å²) in [5.74, 6) is 1.49. The Kier molecular flexibility index (Phi) is 12.3. The van der Waals surface area contributed by atoms with Crippen LogP contribution in [0.15, 0.2) is 0 Å². The Bertz CT molecular complexity index is 148. The van der Waals surface area contributed by atoms with E-state index in [-0.39, 0.29) is 0 Å².